The van der Waals surface area contributed by atoms with E-state index in [9.17, 15) is 14.4 Å². The molecule has 176 valence electrons. The summed E-state index contributed by atoms with van der Waals surface area (Å²) in [4.78, 5) is 40.2. The van der Waals surface area contributed by atoms with Crippen molar-refractivity contribution in [2.45, 2.75) is 38.8 Å². The van der Waals surface area contributed by atoms with E-state index in [-0.39, 0.29) is 30.1 Å². The lowest BCUT2D eigenvalue weighted by Crippen LogP contribution is -2.48. The van der Waals surface area contributed by atoms with E-state index in [4.69, 9.17) is 15.9 Å². The van der Waals surface area contributed by atoms with Crippen molar-refractivity contribution in [3.05, 3.63) is 51.7 Å². The van der Waals surface area contributed by atoms with Gasteiger partial charge in [0, 0.05) is 27.9 Å². The standard InChI is InChI=1S/C23H29N5O4S/c1-2-10-32-17-7-5-15(6-8-17)22(30)27-13-20(29)28-9-3-4-19(28)23(31)26-12-18-11-16(14-33-18)21(24)25/h5-8,11,14,19H,2-4,9-10,12-13H2,1H3,(H3,24,25)(H,26,31)(H,27,30). The Morgan fingerprint density at radius 2 is 1.97 bits per heavy atom. The number of nitrogens with zero attached hydrogens (tertiary/aromatic N) is 1. The van der Waals surface area contributed by atoms with Gasteiger partial charge in [-0.15, -0.1) is 11.3 Å². The topological polar surface area (TPSA) is 138 Å². The van der Waals surface area contributed by atoms with Gasteiger partial charge in [0.1, 0.15) is 17.6 Å². The van der Waals surface area contributed by atoms with Gasteiger partial charge in [-0.25, -0.2) is 0 Å². The fourth-order valence-corrected chi connectivity index (χ4v) is 4.35. The SMILES string of the molecule is CCCOc1ccc(C(=O)NCC(=O)N2CCCC2C(=O)NCc2cc(C(=N)N)cs2)cc1. The number of carbonyl (C=O) groups is 3. The molecule has 33 heavy (non-hydrogen) atoms. The first-order valence-corrected chi connectivity index (χ1v) is 11.8. The third-order valence-corrected chi connectivity index (χ3v) is 6.20. The van der Waals surface area contributed by atoms with E-state index in [1.54, 1.807) is 35.7 Å². The van der Waals surface area contributed by atoms with E-state index in [1.807, 2.05) is 6.92 Å². The Morgan fingerprint density at radius 1 is 1.21 bits per heavy atom. The smallest absolute Gasteiger partial charge is 0.251 e. The van der Waals surface area contributed by atoms with Crippen LogP contribution in [0.2, 0.25) is 0 Å². The van der Waals surface area contributed by atoms with Gasteiger partial charge in [-0.2, -0.15) is 0 Å². The molecule has 9 nitrogen and oxygen atoms in total. The molecule has 5 N–H and O–H groups in total. The average molecular weight is 472 g/mol. The largest absolute Gasteiger partial charge is 0.494 e. The number of hydrogen-bond acceptors (Lipinski definition) is 6. The number of thiophene rings is 1. The van der Waals surface area contributed by atoms with Crippen molar-refractivity contribution in [3.8, 4) is 5.75 Å². The van der Waals surface area contributed by atoms with Crippen LogP contribution in [0.1, 0.15) is 47.0 Å². The second kappa shape index (κ2) is 11.5. The van der Waals surface area contributed by atoms with Crippen LogP contribution in [0.15, 0.2) is 35.7 Å². The molecule has 0 bridgehead atoms. The van der Waals surface area contributed by atoms with Crippen molar-refractivity contribution in [1.82, 2.24) is 15.5 Å². The number of likely N-dealkylation sites (tertiary alicyclic amines) is 1. The molecule has 2 heterocycles. The van der Waals surface area contributed by atoms with Crippen LogP contribution < -0.4 is 21.1 Å². The molecule has 3 amide bonds. The summed E-state index contributed by atoms with van der Waals surface area (Å²) >= 11 is 1.41. The van der Waals surface area contributed by atoms with Crippen molar-refractivity contribution in [2.24, 2.45) is 5.73 Å². The quantitative estimate of drug-likeness (QED) is 0.310. The second-order valence-electron chi connectivity index (χ2n) is 7.73. The molecule has 0 spiro atoms. The van der Waals surface area contributed by atoms with Crippen LogP contribution in [0.4, 0.5) is 0 Å². The lowest BCUT2D eigenvalue weighted by molar-refractivity contribution is -0.137. The molecule has 1 aliphatic heterocycles. The molecule has 1 unspecified atom stereocenters. The molecule has 1 atom stereocenters. The molecule has 0 saturated carbocycles. The van der Waals surface area contributed by atoms with Crippen LogP contribution in [0.3, 0.4) is 0 Å². The van der Waals surface area contributed by atoms with Crippen molar-refractivity contribution in [1.29, 1.82) is 5.41 Å². The van der Waals surface area contributed by atoms with Crippen molar-refractivity contribution < 1.29 is 19.1 Å². The maximum absolute atomic E-state index is 12.7. The van der Waals surface area contributed by atoms with Crippen molar-refractivity contribution in [2.75, 3.05) is 19.7 Å². The van der Waals surface area contributed by atoms with Gasteiger partial charge in [0.05, 0.1) is 19.7 Å². The number of nitrogens with two attached hydrogens (primary N) is 1. The molecule has 1 aromatic carbocycles. The highest BCUT2D eigenvalue weighted by Crippen LogP contribution is 2.19. The first kappa shape index (κ1) is 24.2. The summed E-state index contributed by atoms with van der Waals surface area (Å²) < 4.78 is 5.50. The van der Waals surface area contributed by atoms with Crippen LogP contribution in [-0.4, -0.2) is 54.2 Å². The van der Waals surface area contributed by atoms with Gasteiger partial charge in [0.25, 0.3) is 5.91 Å². The minimum atomic E-state index is -0.559. The van der Waals surface area contributed by atoms with E-state index in [0.29, 0.717) is 43.0 Å². The monoisotopic (exact) mass is 471 g/mol. The summed E-state index contributed by atoms with van der Waals surface area (Å²) in [6.07, 6.45) is 2.20. The lowest BCUT2D eigenvalue weighted by atomic mass is 10.2. The van der Waals surface area contributed by atoms with Crippen LogP contribution in [0, 0.1) is 5.41 Å². The Morgan fingerprint density at radius 3 is 2.64 bits per heavy atom. The van der Waals surface area contributed by atoms with E-state index in [2.05, 4.69) is 10.6 Å². The summed E-state index contributed by atoms with van der Waals surface area (Å²) in [7, 11) is 0. The van der Waals surface area contributed by atoms with Crippen LogP contribution in [-0.2, 0) is 16.1 Å². The summed E-state index contributed by atoms with van der Waals surface area (Å²) in [5, 5.41) is 14.7. The first-order chi connectivity index (χ1) is 15.9. The normalized spacial score (nSPS) is 15.2. The number of ether oxygens (including phenoxy) is 1. The van der Waals surface area contributed by atoms with E-state index < -0.39 is 6.04 Å². The van der Waals surface area contributed by atoms with Crippen molar-refractivity contribution in [3.63, 3.8) is 0 Å². The maximum Gasteiger partial charge on any atom is 0.251 e. The van der Waals surface area contributed by atoms with Crippen molar-refractivity contribution >= 4 is 34.9 Å². The highest BCUT2D eigenvalue weighted by Gasteiger charge is 2.33. The molecule has 0 aliphatic carbocycles. The summed E-state index contributed by atoms with van der Waals surface area (Å²) in [6, 6.07) is 7.96. The number of carbonyl (C=O) groups excluding carboxylic acids is 3. The lowest BCUT2D eigenvalue weighted by Gasteiger charge is -2.24. The first-order valence-electron chi connectivity index (χ1n) is 10.9. The third kappa shape index (κ3) is 6.55. The molecular formula is C23H29N5O4S. The summed E-state index contributed by atoms with van der Waals surface area (Å²) in [5.74, 6) is -0.203. The number of amidine groups is 1. The zero-order valence-electron chi connectivity index (χ0n) is 18.6. The zero-order chi connectivity index (χ0) is 23.8. The molecule has 1 saturated heterocycles. The molecular weight excluding hydrogens is 442 g/mol. The second-order valence-corrected chi connectivity index (χ2v) is 8.73. The molecule has 10 heteroatoms. The number of amides is 3. The van der Waals surface area contributed by atoms with E-state index in [0.717, 1.165) is 17.7 Å². The fraction of sp³-hybridized carbons (Fsp3) is 0.391. The van der Waals surface area contributed by atoms with Gasteiger partial charge < -0.3 is 26.0 Å². The Bertz CT molecular complexity index is 1000. The molecule has 2 aromatic rings. The minimum absolute atomic E-state index is 0.0146. The summed E-state index contributed by atoms with van der Waals surface area (Å²) in [5.41, 5.74) is 6.53. The predicted octanol–water partition coefficient (Wildman–Crippen LogP) is 1.86. The number of nitrogens with one attached hydrogen (secondary N) is 3. The number of benzene rings is 1. The number of hydrogen-bond donors (Lipinski definition) is 4. The maximum atomic E-state index is 12.7. The van der Waals surface area contributed by atoms with Crippen LogP contribution in [0.5, 0.6) is 5.75 Å². The zero-order valence-corrected chi connectivity index (χ0v) is 19.4. The van der Waals surface area contributed by atoms with Gasteiger partial charge in [0.2, 0.25) is 11.8 Å². The van der Waals surface area contributed by atoms with Gasteiger partial charge >= 0.3 is 0 Å². The number of nitrogen functional groups attached to an aromatic ring is 1. The average Bonchev–Trinajstić information content (AvgIpc) is 3.50. The fourth-order valence-electron chi connectivity index (χ4n) is 3.53. The molecule has 1 aliphatic rings. The van der Waals surface area contributed by atoms with E-state index in [1.165, 1.54) is 16.2 Å². The van der Waals surface area contributed by atoms with Gasteiger partial charge in [0.15, 0.2) is 0 Å². The van der Waals surface area contributed by atoms with Gasteiger partial charge in [-0.05, 0) is 49.6 Å². The summed E-state index contributed by atoms with van der Waals surface area (Å²) in [6.45, 7) is 3.23. The molecule has 1 fully saturated rings. The third-order valence-electron chi connectivity index (χ3n) is 5.27. The highest BCUT2D eigenvalue weighted by molar-refractivity contribution is 7.10. The number of rotatable bonds is 10. The molecule has 1 aromatic heterocycles. The van der Waals surface area contributed by atoms with Crippen LogP contribution in [0.25, 0.3) is 0 Å². The molecule has 0 radical (unpaired) electrons. The van der Waals surface area contributed by atoms with Gasteiger partial charge in [-0.1, -0.05) is 6.92 Å². The minimum Gasteiger partial charge on any atom is -0.494 e. The Labute approximate surface area is 196 Å². The van der Waals surface area contributed by atoms with Crippen LogP contribution >= 0.6 is 11.3 Å². The Kier molecular flexibility index (Phi) is 8.42. The molecule has 3 rings (SSSR count). The Hall–Kier alpha value is -3.40. The van der Waals surface area contributed by atoms with E-state index >= 15 is 0 Å². The highest BCUT2D eigenvalue weighted by atomic mass is 32.1. The predicted molar refractivity (Wildman–Crippen MR) is 126 cm³/mol. The van der Waals surface area contributed by atoms with Gasteiger partial charge in [-0.3, -0.25) is 19.8 Å². The Balaban J connectivity index is 1.48.